The Kier molecular flexibility index (Phi) is 11.1. The third-order valence-corrected chi connectivity index (χ3v) is 5.20. The standard InChI is InChI=1S/C24H34N4O2.HI/c1-19-8-10-23(11-9-19)30-20(2)16-26-24(25-3)27-17-21-6-4-5-7-22(21)18-28-12-14-29-15-13-28;/h4-11,20H,12-18H2,1-3H3,(H2,25,26,27);1H. The van der Waals surface area contributed by atoms with Crippen molar-refractivity contribution < 1.29 is 9.47 Å². The molecule has 31 heavy (non-hydrogen) atoms. The number of rotatable bonds is 8. The molecule has 1 aliphatic rings. The van der Waals surface area contributed by atoms with Crippen LogP contribution in [-0.2, 0) is 17.8 Å². The molecule has 6 nitrogen and oxygen atoms in total. The lowest BCUT2D eigenvalue weighted by Crippen LogP contribution is -2.41. The van der Waals surface area contributed by atoms with E-state index in [1.165, 1.54) is 16.7 Å². The van der Waals surface area contributed by atoms with Crippen LogP contribution in [0.1, 0.15) is 23.6 Å². The molecule has 0 amide bonds. The molecule has 7 heteroatoms. The van der Waals surface area contributed by atoms with Gasteiger partial charge in [-0.05, 0) is 37.1 Å². The SMILES string of the molecule is CN=C(NCc1ccccc1CN1CCOCC1)NCC(C)Oc1ccc(C)cc1.I. The van der Waals surface area contributed by atoms with Gasteiger partial charge >= 0.3 is 0 Å². The number of benzene rings is 2. The van der Waals surface area contributed by atoms with Crippen LogP contribution in [0.25, 0.3) is 0 Å². The molecule has 0 aromatic heterocycles. The zero-order valence-electron chi connectivity index (χ0n) is 18.8. The van der Waals surface area contributed by atoms with Crippen molar-refractivity contribution in [3.8, 4) is 5.75 Å². The van der Waals surface area contributed by atoms with Crippen LogP contribution in [0.3, 0.4) is 0 Å². The quantitative estimate of drug-likeness (QED) is 0.306. The van der Waals surface area contributed by atoms with E-state index in [1.54, 1.807) is 7.05 Å². The summed E-state index contributed by atoms with van der Waals surface area (Å²) < 4.78 is 11.4. The summed E-state index contributed by atoms with van der Waals surface area (Å²) in [6.07, 6.45) is 0.0277. The number of hydrogen-bond donors (Lipinski definition) is 2. The second-order valence-corrected chi connectivity index (χ2v) is 7.71. The Hall–Kier alpha value is -1.84. The molecule has 0 saturated carbocycles. The first kappa shape index (κ1) is 25.4. The molecule has 1 saturated heterocycles. The van der Waals surface area contributed by atoms with Gasteiger partial charge in [-0.3, -0.25) is 9.89 Å². The third kappa shape index (κ3) is 8.66. The predicted molar refractivity (Wildman–Crippen MR) is 137 cm³/mol. The maximum Gasteiger partial charge on any atom is 0.191 e. The highest BCUT2D eigenvalue weighted by molar-refractivity contribution is 14.0. The Bertz CT molecular complexity index is 807. The molecule has 1 unspecified atom stereocenters. The second kappa shape index (κ2) is 13.5. The minimum Gasteiger partial charge on any atom is -0.489 e. The van der Waals surface area contributed by atoms with E-state index in [9.17, 15) is 0 Å². The molecular weight excluding hydrogens is 503 g/mol. The van der Waals surface area contributed by atoms with Gasteiger partial charge in [-0.25, -0.2) is 0 Å². The molecule has 2 aromatic carbocycles. The topological polar surface area (TPSA) is 58.1 Å². The Balaban J connectivity index is 0.00000341. The fourth-order valence-electron chi connectivity index (χ4n) is 3.42. The molecule has 0 bridgehead atoms. The van der Waals surface area contributed by atoms with Gasteiger partial charge in [-0.1, -0.05) is 42.0 Å². The van der Waals surface area contributed by atoms with Gasteiger partial charge in [0, 0.05) is 33.2 Å². The Labute approximate surface area is 203 Å². The summed E-state index contributed by atoms with van der Waals surface area (Å²) in [6, 6.07) is 16.7. The summed E-state index contributed by atoms with van der Waals surface area (Å²) >= 11 is 0. The average Bonchev–Trinajstić information content (AvgIpc) is 2.77. The van der Waals surface area contributed by atoms with E-state index in [2.05, 4.69) is 70.8 Å². The molecule has 0 radical (unpaired) electrons. The van der Waals surface area contributed by atoms with E-state index in [4.69, 9.17) is 9.47 Å². The van der Waals surface area contributed by atoms with E-state index in [0.717, 1.165) is 51.1 Å². The molecule has 170 valence electrons. The highest BCUT2D eigenvalue weighted by Gasteiger charge is 2.13. The lowest BCUT2D eigenvalue weighted by atomic mass is 10.1. The Morgan fingerprint density at radius 2 is 1.74 bits per heavy atom. The van der Waals surface area contributed by atoms with E-state index in [0.29, 0.717) is 6.54 Å². The van der Waals surface area contributed by atoms with E-state index in [-0.39, 0.29) is 30.1 Å². The van der Waals surface area contributed by atoms with Crippen LogP contribution in [0.4, 0.5) is 0 Å². The minimum absolute atomic E-state index is 0. The summed E-state index contributed by atoms with van der Waals surface area (Å²) in [4.78, 5) is 6.79. The van der Waals surface area contributed by atoms with Crippen LogP contribution in [0.15, 0.2) is 53.5 Å². The number of halogens is 1. The van der Waals surface area contributed by atoms with Gasteiger partial charge in [0.25, 0.3) is 0 Å². The maximum atomic E-state index is 5.97. The normalized spacial score (nSPS) is 15.6. The van der Waals surface area contributed by atoms with Crippen molar-refractivity contribution in [1.29, 1.82) is 0 Å². The summed E-state index contributed by atoms with van der Waals surface area (Å²) in [7, 11) is 1.79. The number of nitrogens with zero attached hydrogens (tertiary/aromatic N) is 2. The van der Waals surface area contributed by atoms with Crippen LogP contribution >= 0.6 is 24.0 Å². The average molecular weight is 538 g/mol. The summed E-state index contributed by atoms with van der Waals surface area (Å²) in [6.45, 7) is 10.1. The summed E-state index contributed by atoms with van der Waals surface area (Å²) in [5, 5.41) is 6.79. The first-order valence-electron chi connectivity index (χ1n) is 10.7. The van der Waals surface area contributed by atoms with Crippen LogP contribution in [0.2, 0.25) is 0 Å². The smallest absolute Gasteiger partial charge is 0.191 e. The number of aryl methyl sites for hydroxylation is 1. The van der Waals surface area contributed by atoms with E-state index < -0.39 is 0 Å². The van der Waals surface area contributed by atoms with Gasteiger partial charge in [0.05, 0.1) is 19.8 Å². The molecular formula is C24H35IN4O2. The van der Waals surface area contributed by atoms with Gasteiger partial charge < -0.3 is 20.1 Å². The number of morpholine rings is 1. The fourth-order valence-corrected chi connectivity index (χ4v) is 3.42. The van der Waals surface area contributed by atoms with E-state index in [1.807, 2.05) is 12.1 Å². The number of hydrogen-bond acceptors (Lipinski definition) is 4. The number of nitrogens with one attached hydrogen (secondary N) is 2. The van der Waals surface area contributed by atoms with Crippen LogP contribution in [0.5, 0.6) is 5.75 Å². The van der Waals surface area contributed by atoms with Crippen molar-refractivity contribution >= 4 is 29.9 Å². The molecule has 1 fully saturated rings. The van der Waals surface area contributed by atoms with E-state index >= 15 is 0 Å². The molecule has 3 rings (SSSR count). The molecule has 0 spiro atoms. The van der Waals surface area contributed by atoms with Gasteiger partial charge in [0.1, 0.15) is 11.9 Å². The van der Waals surface area contributed by atoms with Gasteiger partial charge in [-0.15, -0.1) is 24.0 Å². The highest BCUT2D eigenvalue weighted by atomic mass is 127. The fraction of sp³-hybridized carbons (Fsp3) is 0.458. The Morgan fingerprint density at radius 1 is 1.06 bits per heavy atom. The largest absolute Gasteiger partial charge is 0.489 e. The maximum absolute atomic E-state index is 5.97. The Morgan fingerprint density at radius 3 is 2.42 bits per heavy atom. The molecule has 2 N–H and O–H groups in total. The number of ether oxygens (including phenoxy) is 2. The molecule has 0 aliphatic carbocycles. The third-order valence-electron chi connectivity index (χ3n) is 5.20. The summed E-state index contributed by atoms with van der Waals surface area (Å²) in [5.41, 5.74) is 3.86. The van der Waals surface area contributed by atoms with Gasteiger partial charge in [0.2, 0.25) is 0 Å². The number of guanidine groups is 1. The van der Waals surface area contributed by atoms with Crippen LogP contribution in [-0.4, -0.2) is 56.9 Å². The lowest BCUT2D eigenvalue weighted by molar-refractivity contribution is 0.0341. The summed E-state index contributed by atoms with van der Waals surface area (Å²) in [5.74, 6) is 1.66. The zero-order valence-corrected chi connectivity index (χ0v) is 21.1. The van der Waals surface area contributed by atoms with Crippen molar-refractivity contribution in [2.75, 3.05) is 39.9 Å². The second-order valence-electron chi connectivity index (χ2n) is 7.71. The first-order valence-corrected chi connectivity index (χ1v) is 10.7. The van der Waals surface area contributed by atoms with Crippen molar-refractivity contribution in [3.63, 3.8) is 0 Å². The van der Waals surface area contributed by atoms with Crippen molar-refractivity contribution in [2.24, 2.45) is 4.99 Å². The molecule has 1 heterocycles. The predicted octanol–water partition coefficient (Wildman–Crippen LogP) is 3.58. The van der Waals surface area contributed by atoms with Crippen molar-refractivity contribution in [1.82, 2.24) is 15.5 Å². The minimum atomic E-state index is 0. The monoisotopic (exact) mass is 538 g/mol. The molecule has 1 aliphatic heterocycles. The number of aliphatic imine (C=N–C) groups is 1. The molecule has 2 aromatic rings. The lowest BCUT2D eigenvalue weighted by Gasteiger charge is -2.27. The van der Waals surface area contributed by atoms with Crippen molar-refractivity contribution in [3.05, 3.63) is 65.2 Å². The zero-order chi connectivity index (χ0) is 21.2. The van der Waals surface area contributed by atoms with Crippen LogP contribution in [0, 0.1) is 6.92 Å². The van der Waals surface area contributed by atoms with Gasteiger partial charge in [-0.2, -0.15) is 0 Å². The van der Waals surface area contributed by atoms with Crippen molar-refractivity contribution in [2.45, 2.75) is 33.0 Å². The first-order chi connectivity index (χ1) is 14.6. The highest BCUT2D eigenvalue weighted by Crippen LogP contribution is 2.14. The van der Waals surface area contributed by atoms with Gasteiger partial charge in [0.15, 0.2) is 5.96 Å². The van der Waals surface area contributed by atoms with Crippen LogP contribution < -0.4 is 15.4 Å². The molecule has 1 atom stereocenters.